The lowest BCUT2D eigenvalue weighted by Crippen LogP contribution is -2.47. The number of hydrogen-bond donors (Lipinski definition) is 1. The van der Waals surface area contributed by atoms with Gasteiger partial charge < -0.3 is 19.9 Å². The van der Waals surface area contributed by atoms with Crippen LogP contribution in [0.4, 0.5) is 9.93 Å². The van der Waals surface area contributed by atoms with Crippen LogP contribution in [0.1, 0.15) is 17.8 Å². The number of likely N-dealkylation sites (tertiary alicyclic amines) is 1. The summed E-state index contributed by atoms with van der Waals surface area (Å²) in [5, 5.41) is 12.6. The van der Waals surface area contributed by atoms with Gasteiger partial charge in [0, 0.05) is 32.2 Å². The number of amides is 3. The highest BCUT2D eigenvalue weighted by Gasteiger charge is 2.29. The van der Waals surface area contributed by atoms with Gasteiger partial charge in [0.2, 0.25) is 11.0 Å². The van der Waals surface area contributed by atoms with Crippen LogP contribution in [0, 0.1) is 5.92 Å². The van der Waals surface area contributed by atoms with Gasteiger partial charge in [-0.2, -0.15) is 0 Å². The number of nitrogens with zero attached hydrogens (tertiary/aromatic N) is 4. The van der Waals surface area contributed by atoms with E-state index >= 15 is 0 Å². The molecule has 150 valence electrons. The number of urea groups is 1. The number of aromatic nitrogens is 2. The zero-order chi connectivity index (χ0) is 20.1. The number of carbonyl (C=O) groups excluding carboxylic acids is 2. The standard InChI is InChI=1S/C18H22ClN5O3S/c1-23(2)18(26)24-9-3-4-12(10-24)16(25)20-17-22-21-15(28-17)11-27-14-7-5-13(19)6-8-14/h5-8,12H,3-4,9-11H2,1-2H3,(H,20,22,25)/t12-/m0/s1. The fourth-order valence-corrected chi connectivity index (χ4v) is 3.68. The van der Waals surface area contributed by atoms with Gasteiger partial charge in [0.25, 0.3) is 0 Å². The zero-order valence-corrected chi connectivity index (χ0v) is 17.3. The van der Waals surface area contributed by atoms with E-state index < -0.39 is 0 Å². The Morgan fingerprint density at radius 2 is 2.07 bits per heavy atom. The fraction of sp³-hybridized carbons (Fsp3) is 0.444. The van der Waals surface area contributed by atoms with E-state index in [1.54, 1.807) is 43.3 Å². The molecular weight excluding hydrogens is 402 g/mol. The molecule has 1 N–H and O–H groups in total. The topological polar surface area (TPSA) is 87.7 Å². The zero-order valence-electron chi connectivity index (χ0n) is 15.7. The average Bonchev–Trinajstić information content (AvgIpc) is 3.14. The van der Waals surface area contributed by atoms with Gasteiger partial charge in [0.05, 0.1) is 5.92 Å². The van der Waals surface area contributed by atoms with Gasteiger partial charge in [0.15, 0.2) is 5.01 Å². The van der Waals surface area contributed by atoms with Gasteiger partial charge >= 0.3 is 6.03 Å². The number of carbonyl (C=O) groups is 2. The number of piperidine rings is 1. The number of rotatable bonds is 5. The number of benzene rings is 1. The van der Waals surface area contributed by atoms with Crippen LogP contribution in [0.25, 0.3) is 0 Å². The van der Waals surface area contributed by atoms with Crippen molar-refractivity contribution < 1.29 is 14.3 Å². The molecule has 3 rings (SSSR count). The molecule has 0 bridgehead atoms. The summed E-state index contributed by atoms with van der Waals surface area (Å²) in [5.74, 6) is 0.283. The Morgan fingerprint density at radius 3 is 2.79 bits per heavy atom. The highest BCUT2D eigenvalue weighted by atomic mass is 35.5. The van der Waals surface area contributed by atoms with Crippen LogP contribution in [0.2, 0.25) is 5.02 Å². The Labute approximate surface area is 172 Å². The summed E-state index contributed by atoms with van der Waals surface area (Å²) in [6.07, 6.45) is 1.54. The monoisotopic (exact) mass is 423 g/mol. The first-order valence-electron chi connectivity index (χ1n) is 8.90. The normalized spacial score (nSPS) is 16.5. The largest absolute Gasteiger partial charge is 0.486 e. The number of anilines is 1. The molecule has 1 fully saturated rings. The molecule has 3 amide bonds. The smallest absolute Gasteiger partial charge is 0.319 e. The molecule has 1 aromatic heterocycles. The molecule has 0 spiro atoms. The highest BCUT2D eigenvalue weighted by molar-refractivity contribution is 7.15. The Bertz CT molecular complexity index is 827. The number of nitrogens with one attached hydrogen (secondary N) is 1. The molecule has 2 aromatic rings. The predicted octanol–water partition coefficient (Wildman–Crippen LogP) is 3.10. The first kappa shape index (κ1) is 20.3. The van der Waals surface area contributed by atoms with Crippen molar-refractivity contribution in [3.63, 3.8) is 0 Å². The van der Waals surface area contributed by atoms with Gasteiger partial charge in [-0.1, -0.05) is 22.9 Å². The van der Waals surface area contributed by atoms with Crippen molar-refractivity contribution in [3.8, 4) is 5.75 Å². The average molecular weight is 424 g/mol. The molecule has 1 aliphatic rings. The molecule has 10 heteroatoms. The summed E-state index contributed by atoms with van der Waals surface area (Å²) >= 11 is 7.11. The first-order valence-corrected chi connectivity index (χ1v) is 10.1. The maximum absolute atomic E-state index is 12.6. The van der Waals surface area contributed by atoms with E-state index in [1.807, 2.05) is 0 Å². The van der Waals surface area contributed by atoms with Crippen molar-refractivity contribution in [2.24, 2.45) is 5.92 Å². The lowest BCUT2D eigenvalue weighted by atomic mass is 9.97. The van der Waals surface area contributed by atoms with Crippen molar-refractivity contribution in [2.45, 2.75) is 19.4 Å². The SMILES string of the molecule is CN(C)C(=O)N1CCC[C@H](C(=O)Nc2nnc(COc3ccc(Cl)cc3)s2)C1. The molecule has 1 saturated heterocycles. The van der Waals surface area contributed by atoms with Crippen molar-refractivity contribution in [1.29, 1.82) is 0 Å². The molecule has 1 aromatic carbocycles. The van der Waals surface area contributed by atoms with E-state index in [4.69, 9.17) is 16.3 Å². The van der Waals surface area contributed by atoms with Crippen LogP contribution in [-0.2, 0) is 11.4 Å². The van der Waals surface area contributed by atoms with Crippen molar-refractivity contribution >= 4 is 40.0 Å². The van der Waals surface area contributed by atoms with E-state index in [2.05, 4.69) is 15.5 Å². The molecule has 1 aliphatic heterocycles. The van der Waals surface area contributed by atoms with Crippen molar-refractivity contribution in [1.82, 2.24) is 20.0 Å². The summed E-state index contributed by atoms with van der Waals surface area (Å²) in [5.41, 5.74) is 0. The summed E-state index contributed by atoms with van der Waals surface area (Å²) in [6.45, 7) is 1.34. The van der Waals surface area contributed by atoms with Gasteiger partial charge in [-0.25, -0.2) is 4.79 Å². The second kappa shape index (κ2) is 9.20. The molecule has 0 unspecified atom stereocenters. The molecular formula is C18H22ClN5O3S. The van der Waals surface area contributed by atoms with Crippen LogP contribution >= 0.6 is 22.9 Å². The minimum absolute atomic E-state index is 0.0740. The van der Waals surface area contributed by atoms with Crippen LogP contribution < -0.4 is 10.1 Å². The molecule has 0 saturated carbocycles. The number of halogens is 1. The van der Waals surface area contributed by atoms with Crippen LogP contribution in [0.3, 0.4) is 0 Å². The van der Waals surface area contributed by atoms with Crippen molar-refractivity contribution in [3.05, 3.63) is 34.3 Å². The molecule has 0 aliphatic carbocycles. The lowest BCUT2D eigenvalue weighted by Gasteiger charge is -2.33. The summed E-state index contributed by atoms with van der Waals surface area (Å²) in [7, 11) is 3.42. The van der Waals surface area contributed by atoms with Crippen LogP contribution in [0.5, 0.6) is 5.75 Å². The predicted molar refractivity (Wildman–Crippen MR) is 108 cm³/mol. The van der Waals surface area contributed by atoms with E-state index in [0.717, 1.165) is 12.8 Å². The van der Waals surface area contributed by atoms with Gasteiger partial charge in [-0.05, 0) is 37.1 Å². The van der Waals surface area contributed by atoms with Gasteiger partial charge in [-0.15, -0.1) is 10.2 Å². The van der Waals surface area contributed by atoms with Gasteiger partial charge in [0.1, 0.15) is 12.4 Å². The second-order valence-electron chi connectivity index (χ2n) is 6.69. The quantitative estimate of drug-likeness (QED) is 0.798. The molecule has 8 nitrogen and oxygen atoms in total. The molecule has 28 heavy (non-hydrogen) atoms. The molecule has 1 atom stereocenters. The third-order valence-corrected chi connectivity index (χ3v) is 5.38. The van der Waals surface area contributed by atoms with E-state index in [0.29, 0.717) is 34.0 Å². The Kier molecular flexibility index (Phi) is 6.69. The van der Waals surface area contributed by atoms with Crippen LogP contribution in [-0.4, -0.2) is 59.1 Å². The lowest BCUT2D eigenvalue weighted by molar-refractivity contribution is -0.121. The van der Waals surface area contributed by atoms with E-state index in [9.17, 15) is 9.59 Å². The third kappa shape index (κ3) is 5.32. The first-order chi connectivity index (χ1) is 13.4. The van der Waals surface area contributed by atoms with Crippen molar-refractivity contribution in [2.75, 3.05) is 32.5 Å². The van der Waals surface area contributed by atoms with Gasteiger partial charge in [-0.3, -0.25) is 4.79 Å². The Balaban J connectivity index is 1.52. The molecule has 0 radical (unpaired) electrons. The minimum Gasteiger partial charge on any atom is -0.486 e. The second-order valence-corrected chi connectivity index (χ2v) is 8.19. The summed E-state index contributed by atoms with van der Waals surface area (Å²) in [4.78, 5) is 27.9. The Hall–Kier alpha value is -2.39. The summed E-state index contributed by atoms with van der Waals surface area (Å²) < 4.78 is 5.63. The van der Waals surface area contributed by atoms with E-state index in [1.165, 1.54) is 16.2 Å². The Morgan fingerprint density at radius 1 is 1.32 bits per heavy atom. The summed E-state index contributed by atoms with van der Waals surface area (Å²) in [6, 6.07) is 6.97. The fourth-order valence-electron chi connectivity index (χ4n) is 2.89. The minimum atomic E-state index is -0.254. The third-order valence-electron chi connectivity index (χ3n) is 4.32. The number of ether oxygens (including phenoxy) is 1. The number of hydrogen-bond acceptors (Lipinski definition) is 6. The molecule has 2 heterocycles. The van der Waals surface area contributed by atoms with E-state index in [-0.39, 0.29) is 24.5 Å². The highest BCUT2D eigenvalue weighted by Crippen LogP contribution is 2.23. The maximum Gasteiger partial charge on any atom is 0.319 e. The maximum atomic E-state index is 12.6. The van der Waals surface area contributed by atoms with Crippen LogP contribution in [0.15, 0.2) is 24.3 Å².